The minimum Gasteiger partial charge on any atom is -0.399 e. The minimum atomic E-state index is -0.248. The number of hydrogen-bond donors (Lipinski definition) is 3. The second-order valence-electron chi connectivity index (χ2n) is 4.58. The first-order chi connectivity index (χ1) is 8.22. The molecule has 90 valence electrons. The third kappa shape index (κ3) is 1.93. The lowest BCUT2D eigenvalue weighted by Crippen LogP contribution is -2.38. The lowest BCUT2D eigenvalue weighted by atomic mass is 10.1. The summed E-state index contributed by atoms with van der Waals surface area (Å²) in [7, 11) is 0. The van der Waals surface area contributed by atoms with Gasteiger partial charge in [0.1, 0.15) is 0 Å². The van der Waals surface area contributed by atoms with Gasteiger partial charge in [-0.05, 0) is 31.0 Å². The summed E-state index contributed by atoms with van der Waals surface area (Å²) >= 11 is 0. The zero-order valence-corrected chi connectivity index (χ0v) is 9.56. The molecule has 1 unspecified atom stereocenters. The number of H-pyrrole nitrogens is 1. The smallest absolute Gasteiger partial charge is 0.203 e. The normalized spacial score (nSPS) is 21.0. The van der Waals surface area contributed by atoms with Crippen molar-refractivity contribution >= 4 is 22.7 Å². The average Bonchev–Trinajstić information content (AvgIpc) is 2.72. The molecule has 2 aromatic rings. The van der Waals surface area contributed by atoms with E-state index in [9.17, 15) is 5.11 Å². The van der Waals surface area contributed by atoms with Gasteiger partial charge >= 0.3 is 0 Å². The number of nitrogens with two attached hydrogens (primary N) is 1. The van der Waals surface area contributed by atoms with Crippen molar-refractivity contribution in [3.8, 4) is 0 Å². The van der Waals surface area contributed by atoms with E-state index < -0.39 is 0 Å². The number of fused-ring (bicyclic) bond motifs is 1. The molecule has 5 nitrogen and oxygen atoms in total. The summed E-state index contributed by atoms with van der Waals surface area (Å²) in [6, 6.07) is 5.63. The van der Waals surface area contributed by atoms with Crippen molar-refractivity contribution in [3.63, 3.8) is 0 Å². The molecule has 1 aliphatic heterocycles. The number of nitrogens with zero attached hydrogens (tertiary/aromatic N) is 2. The average molecular weight is 232 g/mol. The Morgan fingerprint density at radius 1 is 1.47 bits per heavy atom. The molecule has 1 fully saturated rings. The standard InChI is InChI=1S/C12H16N4O/c13-8-3-4-10-11(6-8)15-12(14-10)16-5-1-2-9(17)7-16/h3-4,6,9,17H,1-2,5,7,13H2,(H,14,15). The maximum absolute atomic E-state index is 9.66. The van der Waals surface area contributed by atoms with Gasteiger partial charge in [-0.3, -0.25) is 0 Å². The Balaban J connectivity index is 1.94. The van der Waals surface area contributed by atoms with Crippen molar-refractivity contribution < 1.29 is 5.11 Å². The molecule has 0 spiro atoms. The molecule has 0 saturated carbocycles. The maximum Gasteiger partial charge on any atom is 0.203 e. The Hall–Kier alpha value is -1.75. The van der Waals surface area contributed by atoms with Gasteiger partial charge in [0.25, 0.3) is 0 Å². The van der Waals surface area contributed by atoms with Crippen LogP contribution < -0.4 is 10.6 Å². The van der Waals surface area contributed by atoms with Crippen LogP contribution in [0.3, 0.4) is 0 Å². The molecule has 1 aliphatic rings. The Kier molecular flexibility index (Phi) is 2.40. The molecular weight excluding hydrogens is 216 g/mol. The number of nitrogen functional groups attached to an aromatic ring is 1. The summed E-state index contributed by atoms with van der Waals surface area (Å²) in [6.07, 6.45) is 1.63. The number of β-amino-alcohol motifs (C(OH)–C–C–N with tert-alkyl or cyclic N) is 1. The summed E-state index contributed by atoms with van der Waals surface area (Å²) in [6.45, 7) is 1.58. The van der Waals surface area contributed by atoms with Gasteiger partial charge < -0.3 is 20.7 Å². The fourth-order valence-electron chi connectivity index (χ4n) is 2.31. The third-order valence-electron chi connectivity index (χ3n) is 3.19. The van der Waals surface area contributed by atoms with Crippen LogP contribution in [0.5, 0.6) is 0 Å². The van der Waals surface area contributed by atoms with Crippen molar-refractivity contribution in [2.75, 3.05) is 23.7 Å². The van der Waals surface area contributed by atoms with Crippen LogP contribution in [0.15, 0.2) is 18.2 Å². The Labute approximate surface area is 99.3 Å². The van der Waals surface area contributed by atoms with Crippen molar-refractivity contribution in [1.29, 1.82) is 0 Å². The number of anilines is 2. The van der Waals surface area contributed by atoms with E-state index in [0.717, 1.165) is 42.1 Å². The highest BCUT2D eigenvalue weighted by Crippen LogP contribution is 2.22. The molecule has 3 rings (SSSR count). The van der Waals surface area contributed by atoms with Crippen LogP contribution >= 0.6 is 0 Å². The first-order valence-electron chi connectivity index (χ1n) is 5.90. The van der Waals surface area contributed by atoms with Gasteiger partial charge in [-0.25, -0.2) is 4.98 Å². The third-order valence-corrected chi connectivity index (χ3v) is 3.19. The first kappa shape index (κ1) is 10.4. The topological polar surface area (TPSA) is 78.2 Å². The van der Waals surface area contributed by atoms with Gasteiger partial charge in [0, 0.05) is 18.8 Å². The van der Waals surface area contributed by atoms with E-state index in [1.807, 2.05) is 18.2 Å². The number of nitrogens with one attached hydrogen (secondary N) is 1. The summed E-state index contributed by atoms with van der Waals surface area (Å²) in [5.41, 5.74) is 8.32. The van der Waals surface area contributed by atoms with E-state index in [0.29, 0.717) is 6.54 Å². The summed E-state index contributed by atoms with van der Waals surface area (Å²) in [5, 5.41) is 9.66. The number of aromatic amines is 1. The minimum absolute atomic E-state index is 0.248. The molecule has 0 radical (unpaired) electrons. The van der Waals surface area contributed by atoms with E-state index >= 15 is 0 Å². The van der Waals surface area contributed by atoms with Gasteiger partial charge in [-0.1, -0.05) is 0 Å². The molecule has 0 amide bonds. The van der Waals surface area contributed by atoms with Crippen molar-refractivity contribution in [2.45, 2.75) is 18.9 Å². The van der Waals surface area contributed by atoms with E-state index in [4.69, 9.17) is 5.73 Å². The van der Waals surface area contributed by atoms with Crippen LogP contribution in [-0.2, 0) is 0 Å². The molecule has 1 atom stereocenters. The van der Waals surface area contributed by atoms with E-state index in [2.05, 4.69) is 14.9 Å². The highest BCUT2D eigenvalue weighted by atomic mass is 16.3. The second-order valence-corrected chi connectivity index (χ2v) is 4.58. The monoisotopic (exact) mass is 232 g/mol. The number of rotatable bonds is 1. The largest absolute Gasteiger partial charge is 0.399 e. The van der Waals surface area contributed by atoms with Gasteiger partial charge in [0.05, 0.1) is 17.1 Å². The van der Waals surface area contributed by atoms with Crippen LogP contribution in [0.25, 0.3) is 11.0 Å². The van der Waals surface area contributed by atoms with Crippen molar-refractivity contribution in [3.05, 3.63) is 18.2 Å². The molecular formula is C12H16N4O. The predicted molar refractivity (Wildman–Crippen MR) is 68.0 cm³/mol. The molecule has 0 bridgehead atoms. The summed E-state index contributed by atoms with van der Waals surface area (Å²) in [4.78, 5) is 9.85. The molecule has 5 heteroatoms. The SMILES string of the molecule is Nc1ccc2nc(N3CCCC(O)C3)[nH]c2c1. The molecule has 2 heterocycles. The number of imidazole rings is 1. The quantitative estimate of drug-likeness (QED) is 0.643. The van der Waals surface area contributed by atoms with Gasteiger partial charge in [-0.2, -0.15) is 0 Å². The first-order valence-corrected chi connectivity index (χ1v) is 5.90. The Bertz CT molecular complexity index is 536. The molecule has 0 aliphatic carbocycles. The zero-order valence-electron chi connectivity index (χ0n) is 9.56. The van der Waals surface area contributed by atoms with Gasteiger partial charge in [0.15, 0.2) is 0 Å². The molecule has 1 saturated heterocycles. The summed E-state index contributed by atoms with van der Waals surface area (Å²) in [5.74, 6) is 0.823. The highest BCUT2D eigenvalue weighted by Gasteiger charge is 2.20. The van der Waals surface area contributed by atoms with Crippen molar-refractivity contribution in [1.82, 2.24) is 9.97 Å². The van der Waals surface area contributed by atoms with Gasteiger partial charge in [-0.15, -0.1) is 0 Å². The second kappa shape index (κ2) is 3.92. The Morgan fingerprint density at radius 2 is 2.35 bits per heavy atom. The molecule has 1 aromatic carbocycles. The van der Waals surface area contributed by atoms with E-state index in [1.54, 1.807) is 0 Å². The maximum atomic E-state index is 9.66. The van der Waals surface area contributed by atoms with Crippen LogP contribution in [0.1, 0.15) is 12.8 Å². The van der Waals surface area contributed by atoms with Crippen molar-refractivity contribution in [2.24, 2.45) is 0 Å². The number of benzene rings is 1. The Morgan fingerprint density at radius 3 is 3.18 bits per heavy atom. The van der Waals surface area contributed by atoms with Crippen LogP contribution in [0.4, 0.5) is 11.6 Å². The number of piperidine rings is 1. The van der Waals surface area contributed by atoms with E-state index in [1.165, 1.54) is 0 Å². The predicted octanol–water partition coefficient (Wildman–Crippen LogP) is 1.11. The van der Waals surface area contributed by atoms with Crippen LogP contribution in [0, 0.1) is 0 Å². The van der Waals surface area contributed by atoms with Crippen LogP contribution in [-0.4, -0.2) is 34.3 Å². The lowest BCUT2D eigenvalue weighted by Gasteiger charge is -2.29. The van der Waals surface area contributed by atoms with Crippen LogP contribution in [0.2, 0.25) is 0 Å². The fraction of sp³-hybridized carbons (Fsp3) is 0.417. The molecule has 17 heavy (non-hydrogen) atoms. The number of aliphatic hydroxyl groups is 1. The molecule has 1 aromatic heterocycles. The zero-order chi connectivity index (χ0) is 11.8. The number of aliphatic hydroxyl groups excluding tert-OH is 1. The highest BCUT2D eigenvalue weighted by molar-refractivity contribution is 5.80. The lowest BCUT2D eigenvalue weighted by molar-refractivity contribution is 0.153. The fourth-order valence-corrected chi connectivity index (χ4v) is 2.31. The van der Waals surface area contributed by atoms with Gasteiger partial charge in [0.2, 0.25) is 5.95 Å². The molecule has 4 N–H and O–H groups in total. The summed E-state index contributed by atoms with van der Waals surface area (Å²) < 4.78 is 0. The number of hydrogen-bond acceptors (Lipinski definition) is 4. The number of aromatic nitrogens is 2. The van der Waals surface area contributed by atoms with E-state index in [-0.39, 0.29) is 6.10 Å².